The summed E-state index contributed by atoms with van der Waals surface area (Å²) < 4.78 is 4.95. The van der Waals surface area contributed by atoms with Gasteiger partial charge in [-0.15, -0.1) is 0 Å². The van der Waals surface area contributed by atoms with Gasteiger partial charge in [0.05, 0.1) is 6.26 Å². The van der Waals surface area contributed by atoms with Crippen molar-refractivity contribution in [3.8, 4) is 0 Å². The molecule has 1 aromatic heterocycles. The molecule has 0 aliphatic heterocycles. The normalized spacial score (nSPS) is 11.2. The quantitative estimate of drug-likeness (QED) is 0.622. The van der Waals surface area contributed by atoms with Crippen molar-refractivity contribution in [1.82, 2.24) is 10.6 Å². The molecule has 0 saturated heterocycles. The molecule has 0 atom stereocenters. The molecule has 0 spiro atoms. The highest BCUT2D eigenvalue weighted by Crippen LogP contribution is 2.07. The Morgan fingerprint density at radius 3 is 2.75 bits per heavy atom. The Bertz CT molecular complexity index is 426. The van der Waals surface area contributed by atoms with Gasteiger partial charge in [-0.1, -0.05) is 0 Å². The first-order valence-electron chi connectivity index (χ1n) is 6.68. The molecule has 0 radical (unpaired) electrons. The molecule has 0 aliphatic carbocycles. The second-order valence-corrected chi connectivity index (χ2v) is 5.24. The third kappa shape index (κ3) is 5.88. The molecule has 0 saturated carbocycles. The van der Waals surface area contributed by atoms with Crippen molar-refractivity contribution in [3.63, 3.8) is 0 Å². The van der Waals surface area contributed by atoms with Gasteiger partial charge in [-0.2, -0.15) is 0 Å². The van der Waals surface area contributed by atoms with Crippen LogP contribution in [-0.4, -0.2) is 35.6 Å². The van der Waals surface area contributed by atoms with Gasteiger partial charge in [-0.05, 0) is 38.8 Å². The summed E-state index contributed by atoms with van der Waals surface area (Å²) in [4.78, 5) is 23.2. The lowest BCUT2D eigenvalue weighted by Crippen LogP contribution is -2.44. The van der Waals surface area contributed by atoms with Crippen LogP contribution in [0.2, 0.25) is 0 Å². The summed E-state index contributed by atoms with van der Waals surface area (Å²) >= 11 is 0. The molecule has 6 heteroatoms. The van der Waals surface area contributed by atoms with Crippen LogP contribution in [0.3, 0.4) is 0 Å². The topological polar surface area (TPSA) is 91.6 Å². The number of carbonyl (C=O) groups is 2. The third-order valence-corrected chi connectivity index (χ3v) is 2.83. The number of aliphatic hydroxyl groups excluding tert-OH is 1. The Hall–Kier alpha value is -1.82. The van der Waals surface area contributed by atoms with E-state index in [1.807, 2.05) is 13.8 Å². The van der Waals surface area contributed by atoms with Crippen LogP contribution in [0.5, 0.6) is 0 Å². The number of furan rings is 1. The smallest absolute Gasteiger partial charge is 0.286 e. The van der Waals surface area contributed by atoms with Crippen LogP contribution >= 0.6 is 0 Å². The number of hydrogen-bond acceptors (Lipinski definition) is 4. The molecule has 6 nitrogen and oxygen atoms in total. The summed E-state index contributed by atoms with van der Waals surface area (Å²) in [5.41, 5.74) is -0.413. The molecule has 1 rings (SSSR count). The Morgan fingerprint density at radius 2 is 2.15 bits per heavy atom. The zero-order valence-corrected chi connectivity index (χ0v) is 11.9. The molecular formula is C14H22N2O4. The number of aliphatic hydroxyl groups is 1. The van der Waals surface area contributed by atoms with Crippen molar-refractivity contribution in [1.29, 1.82) is 0 Å². The van der Waals surface area contributed by atoms with Crippen molar-refractivity contribution in [2.45, 2.75) is 38.6 Å². The fourth-order valence-corrected chi connectivity index (χ4v) is 1.73. The summed E-state index contributed by atoms with van der Waals surface area (Å²) in [6.07, 6.45) is 2.82. The summed E-state index contributed by atoms with van der Waals surface area (Å²) in [5.74, 6) is -0.106. The Labute approximate surface area is 118 Å². The van der Waals surface area contributed by atoms with E-state index in [-0.39, 0.29) is 24.2 Å². The second-order valence-electron chi connectivity index (χ2n) is 5.24. The minimum atomic E-state index is -0.413. The van der Waals surface area contributed by atoms with Crippen molar-refractivity contribution >= 4 is 11.8 Å². The van der Waals surface area contributed by atoms with E-state index in [0.29, 0.717) is 25.8 Å². The minimum Gasteiger partial charge on any atom is -0.459 e. The predicted molar refractivity (Wildman–Crippen MR) is 74.2 cm³/mol. The Balaban J connectivity index is 2.18. The number of amides is 2. The minimum absolute atomic E-state index is 0.0342. The van der Waals surface area contributed by atoms with E-state index in [9.17, 15) is 9.59 Å². The lowest BCUT2D eigenvalue weighted by molar-refractivity contribution is -0.122. The predicted octanol–water partition coefficient (Wildman–Crippen LogP) is 1.07. The highest BCUT2D eigenvalue weighted by molar-refractivity contribution is 5.91. The van der Waals surface area contributed by atoms with Gasteiger partial charge in [0.15, 0.2) is 5.76 Å². The van der Waals surface area contributed by atoms with Crippen LogP contribution in [0, 0.1) is 0 Å². The number of nitrogens with one attached hydrogen (secondary N) is 2. The molecule has 3 N–H and O–H groups in total. The Morgan fingerprint density at radius 1 is 1.40 bits per heavy atom. The number of hydrogen-bond donors (Lipinski definition) is 3. The first-order chi connectivity index (χ1) is 9.44. The molecule has 0 bridgehead atoms. The maximum atomic E-state index is 11.7. The van der Waals surface area contributed by atoms with E-state index in [2.05, 4.69) is 10.6 Å². The van der Waals surface area contributed by atoms with Crippen LogP contribution in [0.1, 0.15) is 43.7 Å². The third-order valence-electron chi connectivity index (χ3n) is 2.83. The van der Waals surface area contributed by atoms with E-state index < -0.39 is 5.54 Å². The van der Waals surface area contributed by atoms with Gasteiger partial charge in [0.2, 0.25) is 5.91 Å². The summed E-state index contributed by atoms with van der Waals surface area (Å²) in [6.45, 7) is 4.17. The lowest BCUT2D eigenvalue weighted by Gasteiger charge is -2.25. The van der Waals surface area contributed by atoms with E-state index in [4.69, 9.17) is 9.52 Å². The van der Waals surface area contributed by atoms with Crippen molar-refractivity contribution in [2.75, 3.05) is 13.2 Å². The molecule has 20 heavy (non-hydrogen) atoms. The van der Waals surface area contributed by atoms with E-state index in [0.717, 1.165) is 0 Å². The van der Waals surface area contributed by atoms with Gasteiger partial charge in [-0.25, -0.2) is 0 Å². The van der Waals surface area contributed by atoms with Crippen LogP contribution in [-0.2, 0) is 4.79 Å². The zero-order valence-electron chi connectivity index (χ0n) is 11.9. The monoisotopic (exact) mass is 282 g/mol. The van der Waals surface area contributed by atoms with Crippen LogP contribution in [0.25, 0.3) is 0 Å². The molecule has 0 unspecified atom stereocenters. The van der Waals surface area contributed by atoms with Gasteiger partial charge >= 0.3 is 0 Å². The molecule has 0 aromatic carbocycles. The maximum Gasteiger partial charge on any atom is 0.286 e. The number of rotatable bonds is 8. The highest BCUT2D eigenvalue weighted by Gasteiger charge is 2.19. The first-order valence-corrected chi connectivity index (χ1v) is 6.68. The van der Waals surface area contributed by atoms with Crippen LogP contribution in [0.4, 0.5) is 0 Å². The fourth-order valence-electron chi connectivity index (χ4n) is 1.73. The van der Waals surface area contributed by atoms with Crippen molar-refractivity contribution in [3.05, 3.63) is 24.2 Å². The van der Waals surface area contributed by atoms with E-state index >= 15 is 0 Å². The molecular weight excluding hydrogens is 260 g/mol. The molecule has 1 aromatic rings. The standard InChI is InChI=1S/C14H22N2O4/c1-14(2,7-9-17)16-12(18)6-3-8-15-13(19)11-5-4-10-20-11/h4-5,10,17H,3,6-9H2,1-2H3,(H,15,19)(H,16,18). The van der Waals surface area contributed by atoms with Crippen LogP contribution in [0.15, 0.2) is 22.8 Å². The van der Waals surface area contributed by atoms with Crippen molar-refractivity contribution < 1.29 is 19.1 Å². The Kier molecular flexibility index (Phi) is 6.24. The first kappa shape index (κ1) is 16.2. The van der Waals surface area contributed by atoms with Gasteiger partial charge in [0.25, 0.3) is 5.91 Å². The van der Waals surface area contributed by atoms with Gasteiger partial charge in [-0.3, -0.25) is 9.59 Å². The lowest BCUT2D eigenvalue weighted by atomic mass is 10.0. The summed E-state index contributed by atoms with van der Waals surface area (Å²) in [6, 6.07) is 3.23. The number of carbonyl (C=O) groups excluding carboxylic acids is 2. The van der Waals surface area contributed by atoms with Gasteiger partial charge in [0, 0.05) is 25.1 Å². The SMILES string of the molecule is CC(C)(CCO)NC(=O)CCCNC(=O)c1ccco1. The molecule has 0 aliphatic rings. The average molecular weight is 282 g/mol. The fraction of sp³-hybridized carbons (Fsp3) is 0.571. The van der Waals surface area contributed by atoms with Gasteiger partial charge < -0.3 is 20.2 Å². The zero-order chi connectivity index (χ0) is 15.0. The molecule has 1 heterocycles. The van der Waals surface area contributed by atoms with Gasteiger partial charge in [0.1, 0.15) is 0 Å². The van der Waals surface area contributed by atoms with E-state index in [1.165, 1.54) is 6.26 Å². The second kappa shape index (κ2) is 7.69. The highest BCUT2D eigenvalue weighted by atomic mass is 16.3. The molecule has 2 amide bonds. The van der Waals surface area contributed by atoms with Crippen molar-refractivity contribution in [2.24, 2.45) is 0 Å². The van der Waals surface area contributed by atoms with E-state index in [1.54, 1.807) is 12.1 Å². The average Bonchev–Trinajstić information content (AvgIpc) is 2.87. The van der Waals surface area contributed by atoms with Crippen LogP contribution < -0.4 is 10.6 Å². The maximum absolute atomic E-state index is 11.7. The summed E-state index contributed by atoms with van der Waals surface area (Å²) in [5, 5.41) is 14.4. The molecule has 112 valence electrons. The molecule has 0 fully saturated rings. The largest absolute Gasteiger partial charge is 0.459 e. The summed E-state index contributed by atoms with van der Waals surface area (Å²) in [7, 11) is 0.